The van der Waals surface area contributed by atoms with Gasteiger partial charge < -0.3 is 15.0 Å². The molecule has 1 atom stereocenters. The lowest BCUT2D eigenvalue weighted by Crippen LogP contribution is -2.55. The van der Waals surface area contributed by atoms with Gasteiger partial charge in [-0.3, -0.25) is 14.5 Å². The minimum atomic E-state index is -0.424. The number of rotatable bonds is 7. The van der Waals surface area contributed by atoms with Crippen molar-refractivity contribution in [1.29, 1.82) is 0 Å². The number of ether oxygens (including phenoxy) is 1. The van der Waals surface area contributed by atoms with E-state index in [9.17, 15) is 14.0 Å². The standard InChI is InChI=1S/C19H26FN3O3/c1-14(19(25)21-15-6-7-15)22-9-11-23(12-10-22)18(24)8-13-26-17-5-3-2-4-16(17)20/h2-5,14-15H,6-13H2,1H3,(H,21,25). The Kier molecular flexibility index (Phi) is 6.08. The van der Waals surface area contributed by atoms with Crippen LogP contribution in [0.4, 0.5) is 4.39 Å². The van der Waals surface area contributed by atoms with Gasteiger partial charge in [0.25, 0.3) is 0 Å². The van der Waals surface area contributed by atoms with Crippen molar-refractivity contribution in [3.8, 4) is 5.75 Å². The van der Waals surface area contributed by atoms with Gasteiger partial charge >= 0.3 is 0 Å². The SMILES string of the molecule is CC(C(=O)NC1CC1)N1CCN(C(=O)CCOc2ccccc2F)CC1. The zero-order valence-electron chi connectivity index (χ0n) is 15.1. The summed E-state index contributed by atoms with van der Waals surface area (Å²) >= 11 is 0. The van der Waals surface area contributed by atoms with E-state index >= 15 is 0 Å². The molecule has 142 valence electrons. The first kappa shape index (κ1) is 18.6. The van der Waals surface area contributed by atoms with Crippen molar-refractivity contribution < 1.29 is 18.7 Å². The third-order valence-electron chi connectivity index (χ3n) is 4.93. The minimum Gasteiger partial charge on any atom is -0.490 e. The van der Waals surface area contributed by atoms with Crippen LogP contribution in [0, 0.1) is 5.82 Å². The summed E-state index contributed by atoms with van der Waals surface area (Å²) in [6.45, 7) is 4.62. The van der Waals surface area contributed by atoms with Crippen LogP contribution in [0.5, 0.6) is 5.75 Å². The van der Waals surface area contributed by atoms with Crippen molar-refractivity contribution in [3.05, 3.63) is 30.1 Å². The van der Waals surface area contributed by atoms with Gasteiger partial charge in [-0.25, -0.2) is 4.39 Å². The molecule has 3 rings (SSSR count). The first-order valence-corrected chi connectivity index (χ1v) is 9.24. The highest BCUT2D eigenvalue weighted by Gasteiger charge is 2.30. The Morgan fingerprint density at radius 2 is 1.92 bits per heavy atom. The Morgan fingerprint density at radius 1 is 1.23 bits per heavy atom. The van der Waals surface area contributed by atoms with Crippen molar-refractivity contribution in [2.24, 2.45) is 0 Å². The van der Waals surface area contributed by atoms with Crippen molar-refractivity contribution in [2.75, 3.05) is 32.8 Å². The molecule has 1 aromatic rings. The molecule has 7 heteroatoms. The largest absolute Gasteiger partial charge is 0.490 e. The van der Waals surface area contributed by atoms with Crippen molar-refractivity contribution in [3.63, 3.8) is 0 Å². The second-order valence-corrected chi connectivity index (χ2v) is 6.90. The van der Waals surface area contributed by atoms with Crippen molar-refractivity contribution in [1.82, 2.24) is 15.1 Å². The van der Waals surface area contributed by atoms with Crippen LogP contribution in [0.1, 0.15) is 26.2 Å². The van der Waals surface area contributed by atoms with Gasteiger partial charge in [-0.2, -0.15) is 0 Å². The summed E-state index contributed by atoms with van der Waals surface area (Å²) in [6.07, 6.45) is 2.37. The topological polar surface area (TPSA) is 61.9 Å². The van der Waals surface area contributed by atoms with Crippen LogP contribution in [0.25, 0.3) is 0 Å². The zero-order valence-corrected chi connectivity index (χ0v) is 15.1. The summed E-state index contributed by atoms with van der Waals surface area (Å²) in [5.41, 5.74) is 0. The van der Waals surface area contributed by atoms with Crippen molar-refractivity contribution in [2.45, 2.75) is 38.3 Å². The Labute approximate surface area is 153 Å². The zero-order chi connectivity index (χ0) is 18.5. The molecule has 1 saturated carbocycles. The number of nitrogens with one attached hydrogen (secondary N) is 1. The smallest absolute Gasteiger partial charge is 0.237 e. The predicted octanol–water partition coefficient (Wildman–Crippen LogP) is 1.41. The van der Waals surface area contributed by atoms with E-state index in [4.69, 9.17) is 4.74 Å². The fourth-order valence-corrected chi connectivity index (χ4v) is 3.04. The van der Waals surface area contributed by atoms with Crippen LogP contribution in [-0.2, 0) is 9.59 Å². The quantitative estimate of drug-likeness (QED) is 0.796. The first-order chi connectivity index (χ1) is 12.5. The first-order valence-electron chi connectivity index (χ1n) is 9.24. The van der Waals surface area contributed by atoms with E-state index in [1.165, 1.54) is 6.07 Å². The third kappa shape index (κ3) is 4.94. The molecule has 1 aliphatic carbocycles. The molecule has 0 bridgehead atoms. The predicted molar refractivity (Wildman–Crippen MR) is 95.3 cm³/mol. The summed E-state index contributed by atoms with van der Waals surface area (Å²) < 4.78 is 18.8. The number of nitrogens with zero attached hydrogens (tertiary/aromatic N) is 2. The second-order valence-electron chi connectivity index (χ2n) is 6.90. The van der Waals surface area contributed by atoms with Gasteiger partial charge in [-0.1, -0.05) is 12.1 Å². The van der Waals surface area contributed by atoms with E-state index in [-0.39, 0.29) is 36.6 Å². The molecule has 2 fully saturated rings. The van der Waals surface area contributed by atoms with E-state index in [2.05, 4.69) is 10.2 Å². The van der Waals surface area contributed by atoms with E-state index < -0.39 is 5.82 Å². The number of para-hydroxylation sites is 1. The Morgan fingerprint density at radius 3 is 2.58 bits per heavy atom. The molecule has 0 spiro atoms. The average molecular weight is 363 g/mol. The molecule has 1 aliphatic heterocycles. The second kappa shape index (κ2) is 8.49. The average Bonchev–Trinajstić information content (AvgIpc) is 3.46. The Bertz CT molecular complexity index is 643. The Hall–Kier alpha value is -2.15. The number of carbonyl (C=O) groups is 2. The van der Waals surface area contributed by atoms with Gasteiger partial charge in [0.15, 0.2) is 11.6 Å². The molecule has 6 nitrogen and oxygen atoms in total. The highest BCUT2D eigenvalue weighted by Crippen LogP contribution is 2.19. The number of benzene rings is 1. The molecule has 1 N–H and O–H groups in total. The highest BCUT2D eigenvalue weighted by atomic mass is 19.1. The molecule has 1 saturated heterocycles. The molecule has 1 heterocycles. The summed E-state index contributed by atoms with van der Waals surface area (Å²) in [5, 5.41) is 3.02. The maximum atomic E-state index is 13.5. The number of hydrogen-bond acceptors (Lipinski definition) is 4. The van der Waals surface area contributed by atoms with Crippen LogP contribution in [0.2, 0.25) is 0 Å². The summed E-state index contributed by atoms with van der Waals surface area (Å²) in [6, 6.07) is 6.36. The van der Waals surface area contributed by atoms with E-state index in [0.29, 0.717) is 32.2 Å². The number of carbonyl (C=O) groups excluding carboxylic acids is 2. The van der Waals surface area contributed by atoms with Crippen molar-refractivity contribution >= 4 is 11.8 Å². The van der Waals surface area contributed by atoms with Gasteiger partial charge in [-0.05, 0) is 31.9 Å². The van der Waals surface area contributed by atoms with Crippen LogP contribution in [0.15, 0.2) is 24.3 Å². The van der Waals surface area contributed by atoms with Gasteiger partial charge in [0, 0.05) is 32.2 Å². The number of piperazine rings is 1. The fraction of sp³-hybridized carbons (Fsp3) is 0.579. The summed E-state index contributed by atoms with van der Waals surface area (Å²) in [7, 11) is 0. The monoisotopic (exact) mass is 363 g/mol. The van der Waals surface area contributed by atoms with Crippen LogP contribution in [-0.4, -0.2) is 66.5 Å². The molecular formula is C19H26FN3O3. The van der Waals surface area contributed by atoms with Gasteiger partial charge in [0.2, 0.25) is 11.8 Å². The molecule has 1 aromatic carbocycles. The van der Waals surface area contributed by atoms with E-state index in [1.54, 1.807) is 23.1 Å². The number of amides is 2. The highest BCUT2D eigenvalue weighted by molar-refractivity contribution is 5.82. The maximum absolute atomic E-state index is 13.5. The summed E-state index contributed by atoms with van der Waals surface area (Å²) in [4.78, 5) is 28.3. The molecule has 0 aromatic heterocycles. The number of hydrogen-bond donors (Lipinski definition) is 1. The Balaban J connectivity index is 1.37. The summed E-state index contributed by atoms with van der Waals surface area (Å²) in [5.74, 6) is -0.186. The normalized spacial score (nSPS) is 19.1. The van der Waals surface area contributed by atoms with Crippen LogP contribution >= 0.6 is 0 Å². The van der Waals surface area contributed by atoms with E-state index in [1.807, 2.05) is 6.92 Å². The van der Waals surface area contributed by atoms with Crippen LogP contribution < -0.4 is 10.1 Å². The minimum absolute atomic E-state index is 0.00363. The van der Waals surface area contributed by atoms with Gasteiger partial charge in [-0.15, -0.1) is 0 Å². The van der Waals surface area contributed by atoms with E-state index in [0.717, 1.165) is 12.8 Å². The molecule has 1 unspecified atom stereocenters. The molecule has 26 heavy (non-hydrogen) atoms. The van der Waals surface area contributed by atoms with Gasteiger partial charge in [0.05, 0.1) is 19.1 Å². The third-order valence-corrected chi connectivity index (χ3v) is 4.93. The fourth-order valence-electron chi connectivity index (χ4n) is 3.04. The molecule has 2 amide bonds. The maximum Gasteiger partial charge on any atom is 0.237 e. The molecule has 0 radical (unpaired) electrons. The lowest BCUT2D eigenvalue weighted by Gasteiger charge is -2.37. The molecule has 2 aliphatic rings. The molecular weight excluding hydrogens is 337 g/mol. The lowest BCUT2D eigenvalue weighted by atomic mass is 10.2. The lowest BCUT2D eigenvalue weighted by molar-refractivity contribution is -0.134. The van der Waals surface area contributed by atoms with Crippen LogP contribution in [0.3, 0.4) is 0 Å². The number of halogens is 1. The van der Waals surface area contributed by atoms with Gasteiger partial charge in [0.1, 0.15) is 0 Å².